The standard InChI is InChI=1S/C10H12FNO2/c1-10(11,9(13)14-2)7-4-3-5-8(12)6-7/h3-6H,12H2,1-2H3. The van der Waals surface area contributed by atoms with Crippen LogP contribution in [0.4, 0.5) is 10.1 Å². The van der Waals surface area contributed by atoms with Crippen LogP contribution < -0.4 is 5.73 Å². The first-order chi connectivity index (χ1) is 6.48. The van der Waals surface area contributed by atoms with Gasteiger partial charge in [-0.05, 0) is 19.1 Å². The third kappa shape index (κ3) is 1.84. The van der Waals surface area contributed by atoms with Crippen molar-refractivity contribution in [2.24, 2.45) is 0 Å². The van der Waals surface area contributed by atoms with E-state index in [2.05, 4.69) is 4.74 Å². The van der Waals surface area contributed by atoms with Crippen LogP contribution in [0.1, 0.15) is 12.5 Å². The van der Waals surface area contributed by atoms with Gasteiger partial charge in [0.2, 0.25) is 5.67 Å². The second-order valence-corrected chi connectivity index (χ2v) is 3.12. The number of esters is 1. The summed E-state index contributed by atoms with van der Waals surface area (Å²) in [6.45, 7) is 1.15. The van der Waals surface area contributed by atoms with Crippen LogP contribution in [0.25, 0.3) is 0 Å². The Labute approximate surface area is 81.7 Å². The van der Waals surface area contributed by atoms with Gasteiger partial charge in [-0.25, -0.2) is 9.18 Å². The summed E-state index contributed by atoms with van der Waals surface area (Å²) in [5.74, 6) is -0.928. The average Bonchev–Trinajstić information content (AvgIpc) is 2.16. The molecule has 0 amide bonds. The van der Waals surface area contributed by atoms with Gasteiger partial charge in [-0.15, -0.1) is 0 Å². The normalized spacial score (nSPS) is 14.5. The summed E-state index contributed by atoms with van der Waals surface area (Å²) in [7, 11) is 1.15. The average molecular weight is 197 g/mol. The van der Waals surface area contributed by atoms with E-state index in [0.717, 1.165) is 14.0 Å². The molecule has 14 heavy (non-hydrogen) atoms. The van der Waals surface area contributed by atoms with E-state index < -0.39 is 11.6 Å². The van der Waals surface area contributed by atoms with Gasteiger partial charge in [0.15, 0.2) is 0 Å². The number of methoxy groups -OCH3 is 1. The molecule has 3 nitrogen and oxygen atoms in total. The van der Waals surface area contributed by atoms with Crippen LogP contribution in [0.3, 0.4) is 0 Å². The highest BCUT2D eigenvalue weighted by atomic mass is 19.1. The minimum atomic E-state index is -2.15. The first-order valence-electron chi connectivity index (χ1n) is 4.12. The van der Waals surface area contributed by atoms with E-state index in [1.807, 2.05) is 0 Å². The molecule has 1 unspecified atom stereocenters. The summed E-state index contributed by atoms with van der Waals surface area (Å²) >= 11 is 0. The van der Waals surface area contributed by atoms with Crippen LogP contribution in [0.15, 0.2) is 24.3 Å². The lowest BCUT2D eigenvalue weighted by Gasteiger charge is -2.17. The van der Waals surface area contributed by atoms with Crippen LogP contribution >= 0.6 is 0 Å². The van der Waals surface area contributed by atoms with Crippen molar-refractivity contribution in [3.05, 3.63) is 29.8 Å². The second-order valence-electron chi connectivity index (χ2n) is 3.12. The van der Waals surface area contributed by atoms with Crippen molar-refractivity contribution >= 4 is 11.7 Å². The Kier molecular flexibility index (Phi) is 2.74. The molecule has 1 atom stereocenters. The Morgan fingerprint density at radius 3 is 2.71 bits per heavy atom. The zero-order valence-corrected chi connectivity index (χ0v) is 8.08. The highest BCUT2D eigenvalue weighted by Crippen LogP contribution is 2.27. The van der Waals surface area contributed by atoms with E-state index in [4.69, 9.17) is 5.73 Å². The predicted octanol–water partition coefficient (Wildman–Crippen LogP) is 1.63. The van der Waals surface area contributed by atoms with E-state index in [-0.39, 0.29) is 5.56 Å². The number of anilines is 1. The van der Waals surface area contributed by atoms with Gasteiger partial charge in [-0.1, -0.05) is 12.1 Å². The molecule has 0 radical (unpaired) electrons. The third-order valence-electron chi connectivity index (χ3n) is 2.00. The summed E-state index contributed by atoms with van der Waals surface area (Å²) in [5.41, 5.74) is 3.94. The van der Waals surface area contributed by atoms with E-state index in [9.17, 15) is 9.18 Å². The van der Waals surface area contributed by atoms with Crippen molar-refractivity contribution in [3.63, 3.8) is 0 Å². The number of nitrogen functional groups attached to an aromatic ring is 1. The minimum Gasteiger partial charge on any atom is -0.466 e. The summed E-state index contributed by atoms with van der Waals surface area (Å²) in [4.78, 5) is 11.1. The van der Waals surface area contributed by atoms with Crippen LogP contribution in [0.2, 0.25) is 0 Å². The Morgan fingerprint density at radius 2 is 2.21 bits per heavy atom. The number of ether oxygens (including phenoxy) is 1. The fraction of sp³-hybridized carbons (Fsp3) is 0.300. The molecule has 0 spiro atoms. The maximum Gasteiger partial charge on any atom is 0.348 e. The number of hydrogen-bond donors (Lipinski definition) is 1. The number of alkyl halides is 1. The van der Waals surface area contributed by atoms with Crippen LogP contribution in [-0.2, 0) is 15.2 Å². The lowest BCUT2D eigenvalue weighted by atomic mass is 9.98. The van der Waals surface area contributed by atoms with E-state index in [1.165, 1.54) is 12.1 Å². The molecule has 0 bridgehead atoms. The lowest BCUT2D eigenvalue weighted by molar-refractivity contribution is -0.154. The Hall–Kier alpha value is -1.58. The number of hydrogen-bond acceptors (Lipinski definition) is 3. The number of rotatable bonds is 2. The number of carbonyl (C=O) groups excluding carboxylic acids is 1. The van der Waals surface area contributed by atoms with Gasteiger partial charge < -0.3 is 10.5 Å². The smallest absolute Gasteiger partial charge is 0.348 e. The molecule has 0 heterocycles. The molecular formula is C10H12FNO2. The van der Waals surface area contributed by atoms with Gasteiger partial charge in [0.1, 0.15) is 0 Å². The second kappa shape index (κ2) is 3.65. The zero-order chi connectivity index (χ0) is 10.8. The highest BCUT2D eigenvalue weighted by Gasteiger charge is 2.36. The lowest BCUT2D eigenvalue weighted by Crippen LogP contribution is -2.28. The molecule has 2 N–H and O–H groups in total. The molecule has 0 aliphatic carbocycles. The van der Waals surface area contributed by atoms with Gasteiger partial charge in [-0.3, -0.25) is 0 Å². The molecule has 0 saturated carbocycles. The number of halogens is 1. The van der Waals surface area contributed by atoms with Crippen molar-refractivity contribution in [1.82, 2.24) is 0 Å². The van der Waals surface area contributed by atoms with Crippen molar-refractivity contribution in [1.29, 1.82) is 0 Å². The van der Waals surface area contributed by atoms with E-state index in [1.54, 1.807) is 12.1 Å². The summed E-state index contributed by atoms with van der Waals surface area (Å²) in [6.07, 6.45) is 0. The predicted molar refractivity (Wildman–Crippen MR) is 51.3 cm³/mol. The largest absolute Gasteiger partial charge is 0.466 e. The molecule has 4 heteroatoms. The zero-order valence-electron chi connectivity index (χ0n) is 8.08. The maximum absolute atomic E-state index is 13.9. The topological polar surface area (TPSA) is 52.3 Å². The molecule has 1 rings (SSSR count). The summed E-state index contributed by atoms with van der Waals surface area (Å²) in [6, 6.07) is 6.12. The fourth-order valence-corrected chi connectivity index (χ4v) is 1.14. The Balaban J connectivity index is 3.09. The molecule has 0 aromatic heterocycles. The first kappa shape index (κ1) is 10.5. The highest BCUT2D eigenvalue weighted by molar-refractivity contribution is 5.80. The molecule has 0 saturated heterocycles. The first-order valence-corrected chi connectivity index (χ1v) is 4.12. The quantitative estimate of drug-likeness (QED) is 0.579. The summed E-state index contributed by atoms with van der Waals surface area (Å²) in [5, 5.41) is 0. The maximum atomic E-state index is 13.9. The third-order valence-corrected chi connectivity index (χ3v) is 2.00. The molecule has 0 aliphatic rings. The summed E-state index contributed by atoms with van der Waals surface area (Å²) < 4.78 is 18.2. The number of carbonyl (C=O) groups is 1. The van der Waals surface area contributed by atoms with Crippen LogP contribution in [0.5, 0.6) is 0 Å². The number of benzene rings is 1. The molecule has 1 aromatic carbocycles. The molecule has 0 fully saturated rings. The van der Waals surface area contributed by atoms with Crippen molar-refractivity contribution in [3.8, 4) is 0 Å². The Morgan fingerprint density at radius 1 is 1.57 bits per heavy atom. The van der Waals surface area contributed by atoms with Gasteiger partial charge >= 0.3 is 5.97 Å². The van der Waals surface area contributed by atoms with Gasteiger partial charge in [-0.2, -0.15) is 0 Å². The van der Waals surface area contributed by atoms with Gasteiger partial charge in [0, 0.05) is 11.3 Å². The number of nitrogens with two attached hydrogens (primary N) is 1. The molecule has 0 aliphatic heterocycles. The van der Waals surface area contributed by atoms with Crippen molar-refractivity contribution in [2.75, 3.05) is 12.8 Å². The van der Waals surface area contributed by atoms with Gasteiger partial charge in [0.25, 0.3) is 0 Å². The van der Waals surface area contributed by atoms with E-state index in [0.29, 0.717) is 5.69 Å². The van der Waals surface area contributed by atoms with Crippen molar-refractivity contribution in [2.45, 2.75) is 12.6 Å². The molecule has 76 valence electrons. The molecular weight excluding hydrogens is 185 g/mol. The van der Waals surface area contributed by atoms with Gasteiger partial charge in [0.05, 0.1) is 7.11 Å². The van der Waals surface area contributed by atoms with Crippen LogP contribution in [0, 0.1) is 0 Å². The van der Waals surface area contributed by atoms with Crippen molar-refractivity contribution < 1.29 is 13.9 Å². The Bertz CT molecular complexity index is 350. The van der Waals surface area contributed by atoms with E-state index >= 15 is 0 Å². The van der Waals surface area contributed by atoms with Crippen LogP contribution in [-0.4, -0.2) is 13.1 Å². The SMILES string of the molecule is COC(=O)C(C)(F)c1cccc(N)c1. The monoisotopic (exact) mass is 197 g/mol. The molecule has 1 aromatic rings. The fourth-order valence-electron chi connectivity index (χ4n) is 1.14. The minimum absolute atomic E-state index is 0.198.